The van der Waals surface area contributed by atoms with Gasteiger partial charge in [-0.05, 0) is 19.3 Å². The van der Waals surface area contributed by atoms with Crippen molar-refractivity contribution in [1.82, 2.24) is 0 Å². The third-order valence-electron chi connectivity index (χ3n) is 2.08. The second-order valence-corrected chi connectivity index (χ2v) is 3.25. The Morgan fingerprint density at radius 1 is 1.00 bits per heavy atom. The summed E-state index contributed by atoms with van der Waals surface area (Å²) >= 11 is 0. The van der Waals surface area contributed by atoms with Gasteiger partial charge in [0.15, 0.2) is 0 Å². The normalized spacial score (nSPS) is 11.8. The Kier molecular flexibility index (Phi) is 17.1. The first kappa shape index (κ1) is 15.4. The van der Waals surface area contributed by atoms with Crippen LogP contribution < -0.4 is 0 Å². The van der Waals surface area contributed by atoms with E-state index in [1.165, 1.54) is 25.7 Å². The number of hydrogen-bond donors (Lipinski definition) is 2. The van der Waals surface area contributed by atoms with Gasteiger partial charge in [0.2, 0.25) is 0 Å². The zero-order valence-corrected chi connectivity index (χ0v) is 9.42. The molecular formula is C11H26O2. The molecule has 0 saturated heterocycles. The second kappa shape index (κ2) is 14.4. The predicted molar refractivity (Wildman–Crippen MR) is 57.8 cm³/mol. The zero-order valence-electron chi connectivity index (χ0n) is 9.42. The molecule has 0 amide bonds. The minimum atomic E-state index is 0.250. The lowest BCUT2D eigenvalue weighted by Crippen LogP contribution is -2.01. The average Bonchev–Trinajstić information content (AvgIpc) is 2.13. The molecule has 0 radical (unpaired) electrons. The van der Waals surface area contributed by atoms with Crippen molar-refractivity contribution in [3.05, 3.63) is 0 Å². The van der Waals surface area contributed by atoms with Gasteiger partial charge in [0.05, 0.1) is 0 Å². The highest BCUT2D eigenvalue weighted by Gasteiger charge is 2.03. The van der Waals surface area contributed by atoms with Gasteiger partial charge in [0.1, 0.15) is 0 Å². The third kappa shape index (κ3) is 14.7. The Bertz CT molecular complexity index is 74.5. The molecule has 0 fully saturated rings. The van der Waals surface area contributed by atoms with E-state index >= 15 is 0 Å². The average molecular weight is 190 g/mol. The smallest absolute Gasteiger partial charge is 0.0433 e. The van der Waals surface area contributed by atoms with Crippen LogP contribution in [0.15, 0.2) is 0 Å². The maximum absolute atomic E-state index is 8.67. The van der Waals surface area contributed by atoms with Crippen molar-refractivity contribution < 1.29 is 10.2 Å². The number of hydrogen-bond acceptors (Lipinski definition) is 2. The van der Waals surface area contributed by atoms with Crippen LogP contribution in [-0.4, -0.2) is 23.4 Å². The van der Waals surface area contributed by atoms with Crippen molar-refractivity contribution in [3.8, 4) is 0 Å². The van der Waals surface area contributed by atoms with Gasteiger partial charge in [-0.25, -0.2) is 0 Å². The Balaban J connectivity index is 0. The van der Waals surface area contributed by atoms with E-state index in [0.717, 1.165) is 12.3 Å². The summed E-state index contributed by atoms with van der Waals surface area (Å²) in [6, 6.07) is 0. The van der Waals surface area contributed by atoms with Crippen molar-refractivity contribution in [2.75, 3.05) is 13.2 Å². The molecule has 0 aromatic carbocycles. The summed E-state index contributed by atoms with van der Waals surface area (Å²) in [6.07, 6.45) is 6.12. The first-order valence-corrected chi connectivity index (χ1v) is 5.48. The van der Waals surface area contributed by atoms with E-state index in [1.807, 2.05) is 0 Å². The summed E-state index contributed by atoms with van der Waals surface area (Å²) in [5.74, 6) is 0.768. The maximum atomic E-state index is 8.67. The van der Waals surface area contributed by atoms with Crippen LogP contribution in [0.1, 0.15) is 52.9 Å². The maximum Gasteiger partial charge on any atom is 0.0433 e. The third-order valence-corrected chi connectivity index (χ3v) is 2.08. The molecule has 2 N–H and O–H groups in total. The van der Waals surface area contributed by atoms with Crippen LogP contribution >= 0.6 is 0 Å². The van der Waals surface area contributed by atoms with Gasteiger partial charge in [0.25, 0.3) is 0 Å². The van der Waals surface area contributed by atoms with Gasteiger partial charge < -0.3 is 10.2 Å². The van der Waals surface area contributed by atoms with Gasteiger partial charge in [-0.2, -0.15) is 0 Å². The molecule has 0 aliphatic carbocycles. The summed E-state index contributed by atoms with van der Waals surface area (Å²) in [5.41, 5.74) is 0. The summed E-state index contributed by atoms with van der Waals surface area (Å²) in [7, 11) is 0. The fraction of sp³-hybridized carbons (Fsp3) is 1.00. The molecule has 0 aromatic heterocycles. The van der Waals surface area contributed by atoms with Crippen molar-refractivity contribution in [3.63, 3.8) is 0 Å². The van der Waals surface area contributed by atoms with Crippen molar-refractivity contribution in [2.24, 2.45) is 5.92 Å². The van der Waals surface area contributed by atoms with Crippen LogP contribution in [0.2, 0.25) is 0 Å². The molecule has 13 heavy (non-hydrogen) atoms. The highest BCUT2D eigenvalue weighted by Crippen LogP contribution is 2.15. The molecule has 1 unspecified atom stereocenters. The van der Waals surface area contributed by atoms with Gasteiger partial charge in [-0.3, -0.25) is 0 Å². The molecule has 2 nitrogen and oxygen atoms in total. The van der Waals surface area contributed by atoms with Crippen LogP contribution in [0.3, 0.4) is 0 Å². The molecule has 0 aliphatic heterocycles. The van der Waals surface area contributed by atoms with E-state index < -0.39 is 0 Å². The number of rotatable bonds is 6. The van der Waals surface area contributed by atoms with Crippen molar-refractivity contribution in [1.29, 1.82) is 0 Å². The van der Waals surface area contributed by atoms with Crippen LogP contribution in [-0.2, 0) is 0 Å². The van der Waals surface area contributed by atoms with Crippen LogP contribution in [0, 0.1) is 5.92 Å². The Labute approximate surface area is 83.0 Å². The van der Waals surface area contributed by atoms with E-state index in [9.17, 15) is 0 Å². The van der Waals surface area contributed by atoms with E-state index in [-0.39, 0.29) is 6.61 Å². The molecule has 2 heteroatoms. The first-order chi connectivity index (χ1) is 6.26. The number of aliphatic hydroxyl groups excluding tert-OH is 2. The lowest BCUT2D eigenvalue weighted by molar-refractivity contribution is 0.247. The minimum absolute atomic E-state index is 0.250. The molecule has 0 bridgehead atoms. The van der Waals surface area contributed by atoms with Gasteiger partial charge in [0, 0.05) is 13.2 Å². The molecule has 0 spiro atoms. The topological polar surface area (TPSA) is 40.5 Å². The van der Waals surface area contributed by atoms with Crippen molar-refractivity contribution >= 4 is 0 Å². The quantitative estimate of drug-likeness (QED) is 0.676. The summed E-state index contributed by atoms with van der Waals surface area (Å²) in [5, 5.41) is 16.2. The lowest BCUT2D eigenvalue weighted by atomic mass is 9.96. The molecule has 0 aromatic rings. The molecular weight excluding hydrogens is 164 g/mol. The molecule has 0 aliphatic rings. The summed E-state index contributed by atoms with van der Waals surface area (Å²) in [6.45, 7) is 6.71. The second-order valence-electron chi connectivity index (χ2n) is 3.25. The fourth-order valence-electron chi connectivity index (χ4n) is 1.23. The van der Waals surface area contributed by atoms with E-state index in [1.54, 1.807) is 6.92 Å². The predicted octanol–water partition coefficient (Wildman–Crippen LogP) is 2.58. The molecule has 82 valence electrons. The Hall–Kier alpha value is -0.0800. The summed E-state index contributed by atoms with van der Waals surface area (Å²) in [4.78, 5) is 0. The molecule has 0 heterocycles. The van der Waals surface area contributed by atoms with Gasteiger partial charge >= 0.3 is 0 Å². The number of unbranched alkanes of at least 4 members (excludes halogenated alkanes) is 1. The zero-order chi connectivity index (χ0) is 10.5. The largest absolute Gasteiger partial charge is 0.397 e. The fourth-order valence-corrected chi connectivity index (χ4v) is 1.23. The van der Waals surface area contributed by atoms with E-state index in [0.29, 0.717) is 6.61 Å². The van der Waals surface area contributed by atoms with E-state index in [2.05, 4.69) is 13.8 Å². The standard InChI is InChI=1S/C9H20O.C2H6O/c1-3-5-6-9(4-2)7-8-10;1-2-3/h9-10H,3-8H2,1-2H3;3H,2H2,1H3. The monoisotopic (exact) mass is 190 g/mol. The number of aliphatic hydroxyl groups is 2. The first-order valence-electron chi connectivity index (χ1n) is 5.48. The summed E-state index contributed by atoms with van der Waals surface area (Å²) < 4.78 is 0. The SMILES string of the molecule is CCCCC(CC)CCO.CCO. The van der Waals surface area contributed by atoms with Crippen LogP contribution in [0.5, 0.6) is 0 Å². The lowest BCUT2D eigenvalue weighted by Gasteiger charge is -2.11. The van der Waals surface area contributed by atoms with Crippen LogP contribution in [0.25, 0.3) is 0 Å². The highest BCUT2D eigenvalue weighted by molar-refractivity contribution is 4.55. The van der Waals surface area contributed by atoms with Crippen LogP contribution in [0.4, 0.5) is 0 Å². The highest BCUT2D eigenvalue weighted by atomic mass is 16.3. The van der Waals surface area contributed by atoms with E-state index in [4.69, 9.17) is 10.2 Å². The molecule has 0 saturated carbocycles. The molecule has 1 atom stereocenters. The van der Waals surface area contributed by atoms with Crippen molar-refractivity contribution in [2.45, 2.75) is 52.9 Å². The minimum Gasteiger partial charge on any atom is -0.397 e. The molecule has 0 rings (SSSR count). The van der Waals surface area contributed by atoms with Gasteiger partial charge in [-0.1, -0.05) is 39.5 Å². The Morgan fingerprint density at radius 2 is 1.54 bits per heavy atom. The Morgan fingerprint density at radius 3 is 1.85 bits per heavy atom. The van der Waals surface area contributed by atoms with Gasteiger partial charge in [-0.15, -0.1) is 0 Å².